The van der Waals surface area contributed by atoms with Gasteiger partial charge in [-0.3, -0.25) is 15.1 Å². The second kappa shape index (κ2) is 8.02. The number of benzene rings is 1. The van der Waals surface area contributed by atoms with Gasteiger partial charge in [-0.2, -0.15) is 0 Å². The number of anilines is 3. The van der Waals surface area contributed by atoms with Crippen molar-refractivity contribution in [3.05, 3.63) is 76.4 Å². The number of nitrogens with one attached hydrogen (secondary N) is 2. The molecule has 0 aliphatic heterocycles. The molecule has 0 spiro atoms. The molecule has 0 unspecified atom stereocenters. The molecule has 8 heteroatoms. The highest BCUT2D eigenvalue weighted by Crippen LogP contribution is 2.32. The van der Waals surface area contributed by atoms with Crippen molar-refractivity contribution in [1.82, 2.24) is 15.0 Å². The van der Waals surface area contributed by atoms with Crippen molar-refractivity contribution in [2.75, 3.05) is 10.6 Å². The molecule has 0 atom stereocenters. The second-order valence-corrected chi connectivity index (χ2v) is 5.53. The lowest BCUT2D eigenvalue weighted by Gasteiger charge is -2.12. The molecule has 0 saturated heterocycles. The summed E-state index contributed by atoms with van der Waals surface area (Å²) in [5.74, 6) is 0.310. The summed E-state index contributed by atoms with van der Waals surface area (Å²) in [6.07, 6.45) is 5.46. The zero-order valence-corrected chi connectivity index (χ0v) is 14.2. The van der Waals surface area contributed by atoms with E-state index < -0.39 is 4.92 Å². The number of hydrogen-bond donors (Lipinski definition) is 2. The Labute approximate surface area is 150 Å². The number of pyridine rings is 1. The minimum Gasteiger partial charge on any atom is -0.360 e. The van der Waals surface area contributed by atoms with E-state index in [-0.39, 0.29) is 17.3 Å². The van der Waals surface area contributed by atoms with Gasteiger partial charge in [0.25, 0.3) is 0 Å². The Bertz CT molecular complexity index is 901. The van der Waals surface area contributed by atoms with Crippen LogP contribution in [0.5, 0.6) is 0 Å². The third kappa shape index (κ3) is 3.92. The number of aryl methyl sites for hydroxylation is 1. The lowest BCUT2D eigenvalue weighted by atomic mass is 10.1. The van der Waals surface area contributed by atoms with E-state index >= 15 is 0 Å². The first-order valence-corrected chi connectivity index (χ1v) is 8.16. The Kier molecular flexibility index (Phi) is 5.33. The fraction of sp³-hybridized carbons (Fsp3) is 0.167. The number of rotatable bonds is 7. The molecule has 0 saturated carbocycles. The van der Waals surface area contributed by atoms with Crippen molar-refractivity contribution in [1.29, 1.82) is 0 Å². The summed E-state index contributed by atoms with van der Waals surface area (Å²) in [7, 11) is 0. The lowest BCUT2D eigenvalue weighted by Crippen LogP contribution is -2.08. The predicted octanol–water partition coefficient (Wildman–Crippen LogP) is 3.70. The van der Waals surface area contributed by atoms with E-state index in [9.17, 15) is 10.1 Å². The van der Waals surface area contributed by atoms with Crippen LogP contribution in [0.3, 0.4) is 0 Å². The van der Waals surface area contributed by atoms with Gasteiger partial charge in [-0.1, -0.05) is 31.2 Å². The molecule has 8 nitrogen and oxygen atoms in total. The molecule has 0 aliphatic carbocycles. The Morgan fingerprint density at radius 2 is 1.92 bits per heavy atom. The number of aromatic nitrogens is 3. The lowest BCUT2D eigenvalue weighted by molar-refractivity contribution is -0.383. The van der Waals surface area contributed by atoms with Crippen molar-refractivity contribution in [2.45, 2.75) is 19.9 Å². The maximum atomic E-state index is 11.6. The van der Waals surface area contributed by atoms with E-state index in [2.05, 4.69) is 25.6 Å². The third-order valence-electron chi connectivity index (χ3n) is 3.84. The molecule has 3 rings (SSSR count). The van der Waals surface area contributed by atoms with E-state index in [1.165, 1.54) is 6.33 Å². The van der Waals surface area contributed by atoms with E-state index in [4.69, 9.17) is 0 Å². The van der Waals surface area contributed by atoms with Crippen LogP contribution in [-0.2, 0) is 13.0 Å². The van der Waals surface area contributed by atoms with E-state index in [0.29, 0.717) is 6.54 Å². The van der Waals surface area contributed by atoms with Gasteiger partial charge in [0.15, 0.2) is 0 Å². The highest BCUT2D eigenvalue weighted by Gasteiger charge is 2.23. The van der Waals surface area contributed by atoms with Crippen LogP contribution in [0, 0.1) is 10.1 Å². The standard InChI is InChI=1S/C18H18N6O2/c1-2-14-7-3-4-8-15(14)23-18-16(24(25)26)17(21-12-22-18)20-11-13-6-5-9-19-10-13/h3-10,12H,2,11H2,1H3,(H2,20,21,22,23). The fourth-order valence-electron chi connectivity index (χ4n) is 2.54. The van der Waals surface area contributed by atoms with Crippen LogP contribution in [0.2, 0.25) is 0 Å². The van der Waals surface area contributed by atoms with Crippen LogP contribution in [0.25, 0.3) is 0 Å². The third-order valence-corrected chi connectivity index (χ3v) is 3.84. The quantitative estimate of drug-likeness (QED) is 0.494. The first-order valence-electron chi connectivity index (χ1n) is 8.16. The van der Waals surface area contributed by atoms with Crippen LogP contribution < -0.4 is 10.6 Å². The Hall–Kier alpha value is -3.55. The largest absolute Gasteiger partial charge is 0.360 e. The Morgan fingerprint density at radius 1 is 1.12 bits per heavy atom. The van der Waals surface area contributed by atoms with Crippen LogP contribution in [0.1, 0.15) is 18.1 Å². The number of para-hydroxylation sites is 1. The van der Waals surface area contributed by atoms with Crippen molar-refractivity contribution < 1.29 is 4.92 Å². The molecule has 0 radical (unpaired) electrons. The molecule has 1 aromatic carbocycles. The molecule has 0 bridgehead atoms. The zero-order chi connectivity index (χ0) is 18.4. The summed E-state index contributed by atoms with van der Waals surface area (Å²) in [5.41, 5.74) is 2.54. The average molecular weight is 350 g/mol. The molecular formula is C18H18N6O2. The Morgan fingerprint density at radius 3 is 2.65 bits per heavy atom. The van der Waals surface area contributed by atoms with E-state index in [1.54, 1.807) is 18.5 Å². The summed E-state index contributed by atoms with van der Waals surface area (Å²) >= 11 is 0. The highest BCUT2D eigenvalue weighted by molar-refractivity contribution is 5.74. The first-order chi connectivity index (χ1) is 12.7. The summed E-state index contributed by atoms with van der Waals surface area (Å²) in [6, 6.07) is 11.3. The second-order valence-electron chi connectivity index (χ2n) is 5.53. The molecular weight excluding hydrogens is 332 g/mol. The van der Waals surface area contributed by atoms with Gasteiger partial charge in [-0.25, -0.2) is 9.97 Å². The molecule has 0 amide bonds. The van der Waals surface area contributed by atoms with Crippen molar-refractivity contribution >= 4 is 23.0 Å². The topological polar surface area (TPSA) is 106 Å². The van der Waals surface area contributed by atoms with Gasteiger partial charge in [-0.05, 0) is 29.7 Å². The molecule has 2 aromatic heterocycles. The van der Waals surface area contributed by atoms with Gasteiger partial charge in [-0.15, -0.1) is 0 Å². The smallest absolute Gasteiger partial charge is 0.353 e. The number of nitro groups is 1. The molecule has 26 heavy (non-hydrogen) atoms. The van der Waals surface area contributed by atoms with Crippen molar-refractivity contribution in [3.63, 3.8) is 0 Å². The molecule has 0 aliphatic rings. The van der Waals surface area contributed by atoms with Crippen molar-refractivity contribution in [3.8, 4) is 0 Å². The monoisotopic (exact) mass is 350 g/mol. The van der Waals surface area contributed by atoms with Crippen LogP contribution in [0.4, 0.5) is 23.0 Å². The van der Waals surface area contributed by atoms with Crippen LogP contribution in [-0.4, -0.2) is 19.9 Å². The van der Waals surface area contributed by atoms with Gasteiger partial charge in [0.2, 0.25) is 11.6 Å². The van der Waals surface area contributed by atoms with Gasteiger partial charge >= 0.3 is 5.69 Å². The SMILES string of the molecule is CCc1ccccc1Nc1ncnc(NCc2cccnc2)c1[N+](=O)[O-]. The summed E-state index contributed by atoms with van der Waals surface area (Å²) in [6.45, 7) is 2.40. The van der Waals surface area contributed by atoms with E-state index in [1.807, 2.05) is 37.3 Å². The molecule has 2 N–H and O–H groups in total. The van der Waals surface area contributed by atoms with Gasteiger partial charge in [0, 0.05) is 24.6 Å². The minimum absolute atomic E-state index is 0.152. The first kappa shape index (κ1) is 17.3. The van der Waals surface area contributed by atoms with Crippen LogP contribution in [0.15, 0.2) is 55.1 Å². The van der Waals surface area contributed by atoms with E-state index in [0.717, 1.165) is 23.2 Å². The molecule has 3 aromatic rings. The molecule has 132 valence electrons. The van der Waals surface area contributed by atoms with Crippen LogP contribution >= 0.6 is 0 Å². The maximum absolute atomic E-state index is 11.6. The zero-order valence-electron chi connectivity index (χ0n) is 14.2. The normalized spacial score (nSPS) is 10.3. The summed E-state index contributed by atoms with van der Waals surface area (Å²) in [5, 5.41) is 17.7. The fourth-order valence-corrected chi connectivity index (χ4v) is 2.54. The van der Waals surface area contributed by atoms with Gasteiger partial charge < -0.3 is 10.6 Å². The minimum atomic E-state index is -0.484. The van der Waals surface area contributed by atoms with Gasteiger partial charge in [0.1, 0.15) is 6.33 Å². The number of hydrogen-bond acceptors (Lipinski definition) is 7. The summed E-state index contributed by atoms with van der Waals surface area (Å²) in [4.78, 5) is 23.3. The highest BCUT2D eigenvalue weighted by atomic mass is 16.6. The number of nitrogens with zero attached hydrogens (tertiary/aromatic N) is 4. The summed E-state index contributed by atoms with van der Waals surface area (Å²) < 4.78 is 0. The Balaban J connectivity index is 1.90. The molecule has 2 heterocycles. The van der Waals surface area contributed by atoms with Gasteiger partial charge in [0.05, 0.1) is 4.92 Å². The molecule has 0 fully saturated rings. The predicted molar refractivity (Wildman–Crippen MR) is 99.4 cm³/mol. The average Bonchev–Trinajstić information content (AvgIpc) is 2.67. The maximum Gasteiger partial charge on any atom is 0.353 e. The van der Waals surface area contributed by atoms with Crippen molar-refractivity contribution in [2.24, 2.45) is 0 Å².